The number of rotatable bonds is 6. The summed E-state index contributed by atoms with van der Waals surface area (Å²) in [4.78, 5) is 23.8. The highest BCUT2D eigenvalue weighted by atomic mass is 16.5. The van der Waals surface area contributed by atoms with Gasteiger partial charge in [0.2, 0.25) is 0 Å². The Morgan fingerprint density at radius 3 is 2.60 bits per heavy atom. The summed E-state index contributed by atoms with van der Waals surface area (Å²) in [5.41, 5.74) is 2.72. The fourth-order valence-corrected chi connectivity index (χ4v) is 3.72. The number of hydrogen-bond donors (Lipinski definition) is 0. The van der Waals surface area contributed by atoms with Gasteiger partial charge in [0.15, 0.2) is 0 Å². The molecule has 2 aromatic carbocycles. The van der Waals surface area contributed by atoms with Crippen LogP contribution in [0.4, 0.5) is 11.4 Å². The van der Waals surface area contributed by atoms with Gasteiger partial charge in [0.25, 0.3) is 0 Å². The van der Waals surface area contributed by atoms with Crippen LogP contribution in [-0.4, -0.2) is 81.3 Å². The summed E-state index contributed by atoms with van der Waals surface area (Å²) in [7, 11) is 2.05. The molecule has 0 N–H and O–H groups in total. The molecule has 2 aromatic rings. The molecule has 30 heavy (non-hydrogen) atoms. The molecule has 0 unspecified atom stereocenters. The zero-order chi connectivity index (χ0) is 20.8. The van der Waals surface area contributed by atoms with Gasteiger partial charge in [-0.25, -0.2) is 9.79 Å². The van der Waals surface area contributed by atoms with Crippen molar-refractivity contribution in [3.05, 3.63) is 60.2 Å². The number of anilines is 1. The third-order valence-corrected chi connectivity index (χ3v) is 5.35. The summed E-state index contributed by atoms with van der Waals surface area (Å²) in [6.07, 6.45) is 0. The average molecular weight is 409 g/mol. The molecule has 7 nitrogen and oxygen atoms in total. The average Bonchev–Trinajstić information content (AvgIpc) is 3.14. The van der Waals surface area contributed by atoms with E-state index in [1.807, 2.05) is 31.3 Å². The van der Waals surface area contributed by atoms with Crippen molar-refractivity contribution in [1.82, 2.24) is 9.80 Å². The molecule has 0 spiro atoms. The van der Waals surface area contributed by atoms with Gasteiger partial charge in [-0.15, -0.1) is 0 Å². The topological polar surface area (TPSA) is 57.6 Å². The molecule has 0 aliphatic carbocycles. The van der Waals surface area contributed by atoms with Crippen molar-refractivity contribution in [1.29, 1.82) is 0 Å². The van der Waals surface area contributed by atoms with E-state index in [1.165, 1.54) is 0 Å². The minimum Gasteiger partial charge on any atom is -0.461 e. The summed E-state index contributed by atoms with van der Waals surface area (Å²) in [5, 5.41) is 0. The molecule has 2 aliphatic rings. The van der Waals surface area contributed by atoms with Crippen molar-refractivity contribution in [3.8, 4) is 0 Å². The summed E-state index contributed by atoms with van der Waals surface area (Å²) in [6, 6.07) is 17.4. The minimum absolute atomic E-state index is 0.281. The summed E-state index contributed by atoms with van der Waals surface area (Å²) < 4.78 is 10.9. The lowest BCUT2D eigenvalue weighted by atomic mass is 10.2. The Balaban J connectivity index is 1.35. The second kappa shape index (κ2) is 9.73. The van der Waals surface area contributed by atoms with E-state index in [0.29, 0.717) is 18.7 Å². The zero-order valence-corrected chi connectivity index (χ0v) is 17.4. The number of hydrogen-bond acceptors (Lipinski definition) is 6. The fourth-order valence-electron chi connectivity index (χ4n) is 3.72. The number of amidine groups is 1. The van der Waals surface area contributed by atoms with Crippen LogP contribution in [0.5, 0.6) is 0 Å². The van der Waals surface area contributed by atoms with E-state index in [1.54, 1.807) is 12.1 Å². The monoisotopic (exact) mass is 408 g/mol. The van der Waals surface area contributed by atoms with Crippen molar-refractivity contribution >= 4 is 23.2 Å². The largest absolute Gasteiger partial charge is 0.461 e. The maximum atomic E-state index is 12.1. The van der Waals surface area contributed by atoms with Gasteiger partial charge in [-0.2, -0.15) is 0 Å². The van der Waals surface area contributed by atoms with E-state index in [2.05, 4.69) is 32.9 Å². The lowest BCUT2D eigenvalue weighted by molar-refractivity contribution is 0.0467. The fraction of sp³-hybridized carbons (Fsp3) is 0.391. The van der Waals surface area contributed by atoms with Crippen LogP contribution < -0.4 is 4.90 Å². The Morgan fingerprint density at radius 2 is 1.80 bits per heavy atom. The number of benzene rings is 2. The predicted octanol–water partition coefficient (Wildman–Crippen LogP) is 2.62. The van der Waals surface area contributed by atoms with E-state index in [9.17, 15) is 4.79 Å². The molecule has 2 fully saturated rings. The first kappa shape index (κ1) is 20.4. The third kappa shape index (κ3) is 4.98. The van der Waals surface area contributed by atoms with Gasteiger partial charge in [0.05, 0.1) is 43.4 Å². The molecule has 0 saturated carbocycles. The zero-order valence-electron chi connectivity index (χ0n) is 17.4. The first-order valence-electron chi connectivity index (χ1n) is 10.4. The Labute approximate surface area is 177 Å². The van der Waals surface area contributed by atoms with Crippen LogP contribution in [0.3, 0.4) is 0 Å². The van der Waals surface area contributed by atoms with Gasteiger partial charge in [0, 0.05) is 26.7 Å². The first-order chi connectivity index (χ1) is 14.7. The predicted molar refractivity (Wildman–Crippen MR) is 117 cm³/mol. The van der Waals surface area contributed by atoms with Gasteiger partial charge in [-0.3, -0.25) is 4.90 Å². The summed E-state index contributed by atoms with van der Waals surface area (Å²) >= 11 is 0. The van der Waals surface area contributed by atoms with Crippen LogP contribution in [0.2, 0.25) is 0 Å². The van der Waals surface area contributed by atoms with Crippen molar-refractivity contribution < 1.29 is 14.3 Å². The number of morpholine rings is 1. The Bertz CT molecular complexity index is 881. The SMILES string of the molecule is CN1CN(CCOC(=O)c2ccccc2)CC1=Nc1ccccc1N1CCOCC1. The highest BCUT2D eigenvalue weighted by molar-refractivity contribution is 5.90. The van der Waals surface area contributed by atoms with Gasteiger partial charge >= 0.3 is 5.97 Å². The Kier molecular flexibility index (Phi) is 6.61. The molecule has 2 saturated heterocycles. The van der Waals surface area contributed by atoms with Gasteiger partial charge in [-0.05, 0) is 24.3 Å². The molecule has 0 aromatic heterocycles. The molecule has 0 atom stereocenters. The number of carbonyl (C=O) groups excluding carboxylic acids is 1. The van der Waals surface area contributed by atoms with E-state index in [0.717, 1.165) is 56.7 Å². The highest BCUT2D eigenvalue weighted by Gasteiger charge is 2.24. The lowest BCUT2D eigenvalue weighted by Gasteiger charge is -2.29. The molecular weight excluding hydrogens is 380 g/mol. The molecule has 7 heteroatoms. The number of aliphatic imine (C=N–C) groups is 1. The lowest BCUT2D eigenvalue weighted by Crippen LogP contribution is -2.36. The molecule has 2 aliphatic heterocycles. The minimum atomic E-state index is -0.281. The van der Waals surface area contributed by atoms with Crippen molar-refractivity contribution in [2.24, 2.45) is 4.99 Å². The van der Waals surface area contributed by atoms with Crippen molar-refractivity contribution in [2.45, 2.75) is 0 Å². The van der Waals surface area contributed by atoms with Crippen LogP contribution in [0, 0.1) is 0 Å². The third-order valence-electron chi connectivity index (χ3n) is 5.35. The molecule has 0 bridgehead atoms. The van der Waals surface area contributed by atoms with Crippen LogP contribution in [-0.2, 0) is 9.47 Å². The molecular formula is C23H28N4O3. The summed E-state index contributed by atoms with van der Waals surface area (Å²) in [6.45, 7) is 5.80. The number of nitrogens with zero attached hydrogens (tertiary/aromatic N) is 4. The van der Waals surface area contributed by atoms with Gasteiger partial charge in [0.1, 0.15) is 12.4 Å². The van der Waals surface area contributed by atoms with Crippen LogP contribution >= 0.6 is 0 Å². The summed E-state index contributed by atoms with van der Waals surface area (Å²) in [5.74, 6) is 0.738. The van der Waals surface area contributed by atoms with Crippen LogP contribution in [0.25, 0.3) is 0 Å². The van der Waals surface area contributed by atoms with Gasteiger partial charge in [-0.1, -0.05) is 30.3 Å². The van der Waals surface area contributed by atoms with E-state index >= 15 is 0 Å². The van der Waals surface area contributed by atoms with E-state index in [4.69, 9.17) is 14.5 Å². The normalized spacial score (nSPS) is 18.8. The molecule has 2 heterocycles. The maximum Gasteiger partial charge on any atom is 0.338 e. The number of carbonyl (C=O) groups is 1. The molecule has 0 amide bonds. The number of para-hydroxylation sites is 2. The number of ether oxygens (including phenoxy) is 2. The number of esters is 1. The molecule has 4 rings (SSSR count). The van der Waals surface area contributed by atoms with Crippen LogP contribution in [0.1, 0.15) is 10.4 Å². The second-order valence-electron chi connectivity index (χ2n) is 7.51. The van der Waals surface area contributed by atoms with Crippen LogP contribution in [0.15, 0.2) is 59.6 Å². The second-order valence-corrected chi connectivity index (χ2v) is 7.51. The molecule has 0 radical (unpaired) electrons. The quantitative estimate of drug-likeness (QED) is 0.685. The smallest absolute Gasteiger partial charge is 0.338 e. The van der Waals surface area contributed by atoms with Gasteiger partial charge < -0.3 is 19.3 Å². The number of likely N-dealkylation sites (N-methyl/N-ethyl adjacent to an activating group) is 1. The standard InChI is InChI=1S/C23H28N4O3/c1-25-18-26(11-16-30-23(28)19-7-3-2-4-8-19)17-22(25)24-20-9-5-6-10-21(20)27-12-14-29-15-13-27/h2-10H,11-18H2,1H3. The van der Waals surface area contributed by atoms with Crippen molar-refractivity contribution in [2.75, 3.05) is 64.6 Å². The Hall–Kier alpha value is -2.90. The van der Waals surface area contributed by atoms with E-state index in [-0.39, 0.29) is 5.97 Å². The van der Waals surface area contributed by atoms with Crippen molar-refractivity contribution in [3.63, 3.8) is 0 Å². The Morgan fingerprint density at radius 1 is 1.07 bits per heavy atom. The maximum absolute atomic E-state index is 12.1. The highest BCUT2D eigenvalue weighted by Crippen LogP contribution is 2.29. The van der Waals surface area contributed by atoms with E-state index < -0.39 is 0 Å². The first-order valence-corrected chi connectivity index (χ1v) is 10.4. The molecule has 158 valence electrons.